The Morgan fingerprint density at radius 1 is 1.11 bits per heavy atom. The lowest BCUT2D eigenvalue weighted by Crippen LogP contribution is -1.86. The molecule has 3 heterocycles. The second-order valence-electron chi connectivity index (χ2n) is 3.63. The smallest absolute Gasteiger partial charge is 0.213 e. The Labute approximate surface area is 111 Å². The summed E-state index contributed by atoms with van der Waals surface area (Å²) in [6.07, 6.45) is 3.44. The summed E-state index contributed by atoms with van der Waals surface area (Å²) in [7, 11) is 3.24. The van der Waals surface area contributed by atoms with Crippen LogP contribution in [0.3, 0.4) is 0 Å². The van der Waals surface area contributed by atoms with E-state index in [0.717, 1.165) is 27.7 Å². The molecule has 5 heteroatoms. The maximum atomic E-state index is 5.35. The van der Waals surface area contributed by atoms with E-state index < -0.39 is 0 Å². The van der Waals surface area contributed by atoms with Crippen molar-refractivity contribution < 1.29 is 9.47 Å². The molecule has 0 bridgehead atoms. The molecule has 19 heavy (non-hydrogen) atoms. The highest BCUT2D eigenvalue weighted by molar-refractivity contribution is 6.09. The number of aromatic amines is 1. The van der Waals surface area contributed by atoms with Crippen molar-refractivity contribution in [2.45, 2.75) is 13.8 Å². The van der Waals surface area contributed by atoms with Crippen molar-refractivity contribution in [3.63, 3.8) is 0 Å². The number of aromatic nitrogens is 3. The van der Waals surface area contributed by atoms with Gasteiger partial charge in [-0.2, -0.15) is 0 Å². The normalized spacial score (nSPS) is 10.1. The van der Waals surface area contributed by atoms with Crippen LogP contribution in [0.1, 0.15) is 13.8 Å². The number of rotatable bonds is 2. The Balaban J connectivity index is 0.000000637. The van der Waals surface area contributed by atoms with E-state index in [1.165, 1.54) is 0 Å². The van der Waals surface area contributed by atoms with Gasteiger partial charge in [0.2, 0.25) is 5.88 Å². The number of nitrogens with zero attached hydrogens (tertiary/aromatic N) is 2. The second kappa shape index (κ2) is 5.56. The van der Waals surface area contributed by atoms with Crippen molar-refractivity contribution in [3.05, 3.63) is 24.5 Å². The van der Waals surface area contributed by atoms with Gasteiger partial charge in [-0.05, 0) is 6.07 Å². The predicted octanol–water partition coefficient (Wildman–Crippen LogP) is 3.15. The minimum atomic E-state index is 0.573. The first kappa shape index (κ1) is 13.1. The van der Waals surface area contributed by atoms with Gasteiger partial charge >= 0.3 is 0 Å². The average Bonchev–Trinajstić information content (AvgIpc) is 2.86. The molecule has 3 aromatic heterocycles. The lowest BCUT2D eigenvalue weighted by molar-refractivity contribution is 0.398. The summed E-state index contributed by atoms with van der Waals surface area (Å²) in [6, 6.07) is 3.71. The summed E-state index contributed by atoms with van der Waals surface area (Å²) in [5.41, 5.74) is 1.70. The Hall–Kier alpha value is -2.30. The fourth-order valence-electron chi connectivity index (χ4n) is 1.95. The van der Waals surface area contributed by atoms with Crippen LogP contribution in [0.2, 0.25) is 0 Å². The Morgan fingerprint density at radius 3 is 2.58 bits per heavy atom. The molecule has 5 nitrogen and oxygen atoms in total. The first-order valence-electron chi connectivity index (χ1n) is 6.18. The lowest BCUT2D eigenvalue weighted by Gasteiger charge is -2.01. The Kier molecular flexibility index (Phi) is 3.85. The van der Waals surface area contributed by atoms with Gasteiger partial charge in [0.05, 0.1) is 31.3 Å². The molecule has 0 radical (unpaired) electrons. The number of nitrogens with one attached hydrogen (secondary N) is 1. The zero-order valence-electron chi connectivity index (χ0n) is 11.5. The molecule has 100 valence electrons. The standard InChI is InChI=1S/C12H11N3O2.C2H6/c1-16-9-3-4-13-12-11(9)7-5-10(17-2)14-6-8(7)15-12;1-2/h3-6H,1-2H3,(H,13,15);1-2H3. The van der Waals surface area contributed by atoms with Crippen LogP contribution in [0, 0.1) is 0 Å². The molecule has 0 spiro atoms. The third-order valence-electron chi connectivity index (χ3n) is 2.74. The van der Waals surface area contributed by atoms with Crippen molar-refractivity contribution in [2.24, 2.45) is 0 Å². The maximum Gasteiger partial charge on any atom is 0.213 e. The van der Waals surface area contributed by atoms with Crippen molar-refractivity contribution in [3.8, 4) is 11.6 Å². The number of H-pyrrole nitrogens is 1. The summed E-state index contributed by atoms with van der Waals surface area (Å²) in [5, 5.41) is 1.95. The van der Waals surface area contributed by atoms with Crippen LogP contribution < -0.4 is 9.47 Å². The van der Waals surface area contributed by atoms with Crippen LogP contribution in [0.4, 0.5) is 0 Å². The lowest BCUT2D eigenvalue weighted by atomic mass is 10.2. The van der Waals surface area contributed by atoms with E-state index in [2.05, 4.69) is 15.0 Å². The number of hydrogen-bond donors (Lipinski definition) is 1. The van der Waals surface area contributed by atoms with Crippen LogP contribution in [0.15, 0.2) is 24.5 Å². The van der Waals surface area contributed by atoms with E-state index in [0.29, 0.717) is 5.88 Å². The highest BCUT2D eigenvalue weighted by atomic mass is 16.5. The fraction of sp³-hybridized carbons (Fsp3) is 0.286. The molecule has 3 aromatic rings. The minimum Gasteiger partial charge on any atom is -0.496 e. The molecule has 0 aliphatic carbocycles. The van der Waals surface area contributed by atoms with E-state index in [1.54, 1.807) is 26.6 Å². The molecule has 0 atom stereocenters. The van der Waals surface area contributed by atoms with Crippen molar-refractivity contribution in [2.75, 3.05) is 14.2 Å². The van der Waals surface area contributed by atoms with Gasteiger partial charge in [0.25, 0.3) is 0 Å². The molecule has 1 N–H and O–H groups in total. The number of hydrogen-bond acceptors (Lipinski definition) is 4. The highest BCUT2D eigenvalue weighted by Gasteiger charge is 2.11. The zero-order valence-corrected chi connectivity index (χ0v) is 11.5. The number of ether oxygens (including phenoxy) is 2. The topological polar surface area (TPSA) is 60.0 Å². The third-order valence-corrected chi connectivity index (χ3v) is 2.74. The minimum absolute atomic E-state index is 0.573. The number of pyridine rings is 2. The van der Waals surface area contributed by atoms with Gasteiger partial charge in [-0.15, -0.1) is 0 Å². The van der Waals surface area contributed by atoms with Gasteiger partial charge in [-0.25, -0.2) is 9.97 Å². The zero-order chi connectivity index (χ0) is 13.8. The molecular weight excluding hydrogens is 242 g/mol. The highest BCUT2D eigenvalue weighted by Crippen LogP contribution is 2.32. The Bertz CT molecular complexity index is 692. The van der Waals surface area contributed by atoms with Crippen molar-refractivity contribution in [1.29, 1.82) is 0 Å². The summed E-state index contributed by atoms with van der Waals surface area (Å²) in [6.45, 7) is 4.00. The molecule has 0 unspecified atom stereocenters. The molecule has 0 saturated heterocycles. The second-order valence-corrected chi connectivity index (χ2v) is 3.63. The SMILES string of the molecule is CC.COc1cc2c(cn1)[nH]c1nccc(OC)c12. The molecule has 0 saturated carbocycles. The van der Waals surface area contributed by atoms with Crippen LogP contribution in [0.5, 0.6) is 11.6 Å². The first-order valence-corrected chi connectivity index (χ1v) is 6.18. The maximum absolute atomic E-state index is 5.35. The van der Waals surface area contributed by atoms with E-state index in [4.69, 9.17) is 9.47 Å². The van der Waals surface area contributed by atoms with Crippen molar-refractivity contribution in [1.82, 2.24) is 15.0 Å². The van der Waals surface area contributed by atoms with Gasteiger partial charge in [0, 0.05) is 17.6 Å². The molecule has 0 amide bonds. The third kappa shape index (κ3) is 2.19. The summed E-state index contributed by atoms with van der Waals surface area (Å²) < 4.78 is 10.5. The summed E-state index contributed by atoms with van der Waals surface area (Å²) >= 11 is 0. The largest absolute Gasteiger partial charge is 0.496 e. The van der Waals surface area contributed by atoms with Gasteiger partial charge in [-0.1, -0.05) is 13.8 Å². The van der Waals surface area contributed by atoms with E-state index in [1.807, 2.05) is 26.0 Å². The van der Waals surface area contributed by atoms with Gasteiger partial charge < -0.3 is 14.5 Å². The monoisotopic (exact) mass is 259 g/mol. The predicted molar refractivity (Wildman–Crippen MR) is 75.8 cm³/mol. The van der Waals surface area contributed by atoms with Crippen molar-refractivity contribution >= 4 is 21.9 Å². The van der Waals surface area contributed by atoms with Crippen LogP contribution in [0.25, 0.3) is 21.9 Å². The average molecular weight is 259 g/mol. The molecule has 0 fully saturated rings. The van der Waals surface area contributed by atoms with Gasteiger partial charge in [0.15, 0.2) is 0 Å². The quantitative estimate of drug-likeness (QED) is 0.768. The number of fused-ring (bicyclic) bond motifs is 3. The molecule has 3 rings (SSSR count). The van der Waals surface area contributed by atoms with Gasteiger partial charge in [-0.3, -0.25) is 0 Å². The summed E-state index contributed by atoms with van der Waals surface area (Å²) in [4.78, 5) is 11.6. The van der Waals surface area contributed by atoms with Crippen LogP contribution >= 0.6 is 0 Å². The molecule has 0 aliphatic rings. The van der Waals surface area contributed by atoms with Gasteiger partial charge in [0.1, 0.15) is 11.4 Å². The van der Waals surface area contributed by atoms with E-state index >= 15 is 0 Å². The molecule has 0 aliphatic heterocycles. The molecular formula is C14H17N3O2. The van der Waals surface area contributed by atoms with E-state index in [9.17, 15) is 0 Å². The number of methoxy groups -OCH3 is 2. The van der Waals surface area contributed by atoms with Crippen LogP contribution in [-0.2, 0) is 0 Å². The summed E-state index contributed by atoms with van der Waals surface area (Å²) in [5.74, 6) is 1.36. The van der Waals surface area contributed by atoms with E-state index in [-0.39, 0.29) is 0 Å². The molecule has 0 aromatic carbocycles. The fourth-order valence-corrected chi connectivity index (χ4v) is 1.95. The van der Waals surface area contributed by atoms with Crippen LogP contribution in [-0.4, -0.2) is 29.2 Å². The Morgan fingerprint density at radius 2 is 1.89 bits per heavy atom. The first-order chi connectivity index (χ1) is 9.33.